The van der Waals surface area contributed by atoms with Crippen LogP contribution in [0.5, 0.6) is 17.2 Å². The number of phenolic OH excluding ortho intramolecular Hbond substituents is 1. The normalized spacial score (nSPS) is 16.1. The minimum atomic E-state index is -4.94. The minimum Gasteiger partial charge on any atom is -0.507 e. The number of ether oxygens (including phenoxy) is 2. The number of piperazine rings is 1. The van der Waals surface area contributed by atoms with Crippen molar-refractivity contribution in [1.82, 2.24) is 9.80 Å². The Bertz CT molecular complexity index is 1630. The van der Waals surface area contributed by atoms with Crippen LogP contribution in [0.25, 0.3) is 22.1 Å². The van der Waals surface area contributed by atoms with Crippen molar-refractivity contribution in [2.45, 2.75) is 19.3 Å². The Kier molecular flexibility index (Phi) is 6.85. The molecule has 6 rings (SSSR count). The quantitative estimate of drug-likeness (QED) is 0.320. The lowest BCUT2D eigenvalue weighted by Crippen LogP contribution is -2.45. The van der Waals surface area contributed by atoms with Crippen LogP contribution in [0.4, 0.5) is 13.2 Å². The van der Waals surface area contributed by atoms with E-state index in [2.05, 4.69) is 4.90 Å². The van der Waals surface area contributed by atoms with E-state index in [9.17, 15) is 23.1 Å². The van der Waals surface area contributed by atoms with Gasteiger partial charge in [0.25, 0.3) is 0 Å². The average molecular weight is 573 g/mol. The molecule has 208 valence electrons. The van der Waals surface area contributed by atoms with Crippen molar-refractivity contribution < 1.29 is 32.2 Å². The molecule has 3 heterocycles. The molecule has 1 saturated heterocycles. The van der Waals surface area contributed by atoms with Gasteiger partial charge < -0.3 is 19.0 Å². The summed E-state index contributed by atoms with van der Waals surface area (Å²) in [5.74, 6) is -0.191. The van der Waals surface area contributed by atoms with Crippen LogP contribution in [0.2, 0.25) is 5.02 Å². The van der Waals surface area contributed by atoms with Gasteiger partial charge in [0, 0.05) is 44.3 Å². The molecule has 4 aromatic rings. The van der Waals surface area contributed by atoms with Gasteiger partial charge in [0.1, 0.15) is 11.3 Å². The lowest BCUT2D eigenvalue weighted by atomic mass is 10.00. The molecule has 2 aliphatic heterocycles. The van der Waals surface area contributed by atoms with Gasteiger partial charge in [0.05, 0.1) is 16.5 Å². The summed E-state index contributed by atoms with van der Waals surface area (Å²) >= 11 is 5.90. The Morgan fingerprint density at radius 3 is 2.25 bits per heavy atom. The predicted molar refractivity (Wildman–Crippen MR) is 143 cm³/mol. The Labute approximate surface area is 231 Å². The summed E-state index contributed by atoms with van der Waals surface area (Å²) in [7, 11) is 0. The maximum absolute atomic E-state index is 14.2. The fraction of sp³-hybridized carbons (Fsp3) is 0.276. The summed E-state index contributed by atoms with van der Waals surface area (Å²) in [6.45, 7) is 3.68. The van der Waals surface area contributed by atoms with Gasteiger partial charge in [-0.25, -0.2) is 0 Å². The number of benzene rings is 3. The standard InChI is InChI=1S/C29H24ClF3N2O5/c30-19-4-2-18(3-5-19)25-26(37)20-6-7-22(36)21(27(20)40-28(25)29(31,32)33)15-35-11-9-34(10-12-35)14-17-1-8-23-24(13-17)39-16-38-23/h1-8,13,36H,9-12,14-16H2. The van der Waals surface area contributed by atoms with E-state index < -0.39 is 22.9 Å². The number of aromatic hydroxyl groups is 1. The van der Waals surface area contributed by atoms with E-state index in [1.807, 2.05) is 23.1 Å². The molecule has 0 saturated carbocycles. The van der Waals surface area contributed by atoms with Crippen LogP contribution < -0.4 is 14.9 Å². The molecule has 40 heavy (non-hydrogen) atoms. The second-order valence-corrected chi connectivity index (χ2v) is 10.3. The van der Waals surface area contributed by atoms with E-state index in [0.717, 1.165) is 17.1 Å². The number of hydrogen-bond acceptors (Lipinski definition) is 7. The van der Waals surface area contributed by atoms with Crippen LogP contribution in [-0.4, -0.2) is 47.9 Å². The number of alkyl halides is 3. The Balaban J connectivity index is 1.26. The molecule has 11 heteroatoms. The molecule has 0 unspecified atom stereocenters. The monoisotopic (exact) mass is 572 g/mol. The van der Waals surface area contributed by atoms with Crippen LogP contribution in [0.3, 0.4) is 0 Å². The largest absolute Gasteiger partial charge is 0.507 e. The maximum Gasteiger partial charge on any atom is 0.450 e. The second-order valence-electron chi connectivity index (χ2n) is 9.82. The predicted octanol–water partition coefficient (Wildman–Crippen LogP) is 5.88. The fourth-order valence-corrected chi connectivity index (χ4v) is 5.29. The molecule has 1 fully saturated rings. The second kappa shape index (κ2) is 10.3. The molecule has 3 aromatic carbocycles. The molecule has 0 bridgehead atoms. The zero-order valence-electron chi connectivity index (χ0n) is 21.1. The van der Waals surface area contributed by atoms with Crippen LogP contribution >= 0.6 is 11.6 Å². The van der Waals surface area contributed by atoms with Gasteiger partial charge >= 0.3 is 6.18 Å². The van der Waals surface area contributed by atoms with Crippen molar-refractivity contribution in [3.05, 3.63) is 86.7 Å². The third-order valence-corrected chi connectivity index (χ3v) is 7.47. The number of fused-ring (bicyclic) bond motifs is 2. The van der Waals surface area contributed by atoms with Crippen molar-refractivity contribution >= 4 is 22.6 Å². The van der Waals surface area contributed by atoms with E-state index in [1.54, 1.807) is 0 Å². The Morgan fingerprint density at radius 2 is 1.55 bits per heavy atom. The van der Waals surface area contributed by atoms with E-state index in [4.69, 9.17) is 25.5 Å². The fourth-order valence-electron chi connectivity index (χ4n) is 5.16. The van der Waals surface area contributed by atoms with Gasteiger partial charge in [0.2, 0.25) is 18.0 Å². The highest BCUT2D eigenvalue weighted by Gasteiger charge is 2.40. The minimum absolute atomic E-state index is 0.0350. The summed E-state index contributed by atoms with van der Waals surface area (Å²) in [6, 6.07) is 14.0. The van der Waals surface area contributed by atoms with Gasteiger partial charge in [-0.1, -0.05) is 29.8 Å². The third-order valence-electron chi connectivity index (χ3n) is 7.22. The molecule has 0 spiro atoms. The molecule has 0 aliphatic carbocycles. The first-order valence-corrected chi connectivity index (χ1v) is 13.0. The summed E-state index contributed by atoms with van der Waals surface area (Å²) in [5, 5.41) is 10.9. The molecular formula is C29H24ClF3N2O5. The molecule has 7 nitrogen and oxygen atoms in total. The maximum atomic E-state index is 14.2. The first-order valence-electron chi connectivity index (χ1n) is 12.7. The van der Waals surface area contributed by atoms with Crippen molar-refractivity contribution in [2.24, 2.45) is 0 Å². The average Bonchev–Trinajstić information content (AvgIpc) is 3.39. The van der Waals surface area contributed by atoms with E-state index in [-0.39, 0.29) is 41.2 Å². The number of phenols is 1. The van der Waals surface area contributed by atoms with E-state index >= 15 is 0 Å². The molecule has 0 atom stereocenters. The molecular weight excluding hydrogens is 549 g/mol. The molecule has 0 radical (unpaired) electrons. The third kappa shape index (κ3) is 5.10. The molecule has 1 aromatic heterocycles. The zero-order valence-corrected chi connectivity index (χ0v) is 21.9. The summed E-state index contributed by atoms with van der Waals surface area (Å²) in [5.41, 5.74) is -0.413. The van der Waals surface area contributed by atoms with Crippen molar-refractivity contribution in [3.63, 3.8) is 0 Å². The van der Waals surface area contributed by atoms with Gasteiger partial charge in [0.15, 0.2) is 11.5 Å². The first kappa shape index (κ1) is 26.5. The van der Waals surface area contributed by atoms with Gasteiger partial charge in [-0.15, -0.1) is 0 Å². The summed E-state index contributed by atoms with van der Waals surface area (Å²) in [4.78, 5) is 17.7. The Morgan fingerprint density at radius 1 is 0.875 bits per heavy atom. The lowest BCUT2D eigenvalue weighted by molar-refractivity contribution is -0.152. The molecule has 0 amide bonds. The Hall–Kier alpha value is -3.73. The smallest absolute Gasteiger partial charge is 0.450 e. The van der Waals surface area contributed by atoms with Crippen molar-refractivity contribution in [3.8, 4) is 28.4 Å². The number of nitrogens with zero attached hydrogens (tertiary/aromatic N) is 2. The van der Waals surface area contributed by atoms with Crippen LogP contribution in [0.1, 0.15) is 16.9 Å². The molecule has 1 N–H and O–H groups in total. The number of hydrogen-bond donors (Lipinski definition) is 1. The first-order chi connectivity index (χ1) is 19.2. The van der Waals surface area contributed by atoms with Crippen LogP contribution in [0, 0.1) is 0 Å². The van der Waals surface area contributed by atoms with Crippen LogP contribution in [0.15, 0.2) is 63.8 Å². The van der Waals surface area contributed by atoms with Gasteiger partial charge in [-0.05, 0) is 47.5 Å². The van der Waals surface area contributed by atoms with E-state index in [1.165, 1.54) is 36.4 Å². The van der Waals surface area contributed by atoms with Crippen LogP contribution in [-0.2, 0) is 19.3 Å². The highest BCUT2D eigenvalue weighted by Crippen LogP contribution is 2.39. The summed E-state index contributed by atoms with van der Waals surface area (Å²) in [6.07, 6.45) is -4.94. The molecule has 2 aliphatic rings. The van der Waals surface area contributed by atoms with Crippen molar-refractivity contribution in [1.29, 1.82) is 0 Å². The lowest BCUT2D eigenvalue weighted by Gasteiger charge is -2.35. The number of rotatable bonds is 5. The number of halogens is 4. The highest BCUT2D eigenvalue weighted by molar-refractivity contribution is 6.30. The van der Waals surface area contributed by atoms with Gasteiger partial charge in [-0.3, -0.25) is 14.6 Å². The topological polar surface area (TPSA) is 75.4 Å². The van der Waals surface area contributed by atoms with Crippen molar-refractivity contribution in [2.75, 3.05) is 33.0 Å². The summed E-state index contributed by atoms with van der Waals surface area (Å²) < 4.78 is 58.7. The SMILES string of the molecule is O=c1c(-c2ccc(Cl)cc2)c(C(F)(F)F)oc2c(CN3CCN(Cc4ccc5c(c4)OCO5)CC3)c(O)ccc12. The zero-order chi connectivity index (χ0) is 28.0. The van der Waals surface area contributed by atoms with Gasteiger partial charge in [-0.2, -0.15) is 13.2 Å². The highest BCUT2D eigenvalue weighted by atomic mass is 35.5. The van der Waals surface area contributed by atoms with E-state index in [0.29, 0.717) is 37.7 Å².